The molecular formula is C20H17F4N3. The number of alkyl halides is 3. The molecule has 2 heterocycles. The van der Waals surface area contributed by atoms with Gasteiger partial charge in [-0.25, -0.2) is 4.39 Å². The molecule has 1 atom stereocenters. The largest absolute Gasteiger partial charge is 0.417 e. The minimum atomic E-state index is -4.46. The summed E-state index contributed by atoms with van der Waals surface area (Å²) >= 11 is 0. The van der Waals surface area contributed by atoms with Gasteiger partial charge in [-0.2, -0.15) is 13.2 Å². The van der Waals surface area contributed by atoms with Crippen molar-refractivity contribution >= 4 is 11.5 Å². The lowest BCUT2D eigenvalue weighted by molar-refractivity contribution is -0.137. The van der Waals surface area contributed by atoms with Crippen LogP contribution in [-0.4, -0.2) is 10.8 Å². The molecule has 0 spiro atoms. The fourth-order valence-electron chi connectivity index (χ4n) is 2.63. The van der Waals surface area contributed by atoms with E-state index in [0.717, 1.165) is 17.8 Å². The van der Waals surface area contributed by atoms with Crippen molar-refractivity contribution in [1.82, 2.24) is 10.3 Å². The van der Waals surface area contributed by atoms with Gasteiger partial charge in [-0.1, -0.05) is 24.3 Å². The molecule has 2 aromatic rings. The SMILES string of the molecule is C[C@@H](N=C1C=CCC=C(c2cncc(C(F)(F)F)c2)N1)c1ccc(F)cc1. The third-order valence-corrected chi connectivity index (χ3v) is 4.06. The second kappa shape index (κ2) is 7.73. The molecule has 1 aliphatic heterocycles. The highest BCUT2D eigenvalue weighted by Gasteiger charge is 2.31. The van der Waals surface area contributed by atoms with Crippen LogP contribution in [0.15, 0.2) is 65.9 Å². The van der Waals surface area contributed by atoms with Gasteiger partial charge in [0.1, 0.15) is 11.7 Å². The molecule has 3 nitrogen and oxygen atoms in total. The standard InChI is InChI=1S/C20H17F4N3/c1-13(14-6-8-17(21)9-7-14)26-19-5-3-2-4-18(27-19)15-10-16(12-25-11-15)20(22,23)24/h3-13H,2H2,1H3,(H,26,27)/t13-/m1/s1. The summed E-state index contributed by atoms with van der Waals surface area (Å²) in [4.78, 5) is 8.26. The van der Waals surface area contributed by atoms with Crippen LogP contribution >= 0.6 is 0 Å². The zero-order chi connectivity index (χ0) is 19.4. The zero-order valence-electron chi connectivity index (χ0n) is 14.5. The Bertz CT molecular complexity index is 896. The van der Waals surface area contributed by atoms with Crippen molar-refractivity contribution in [2.24, 2.45) is 4.99 Å². The van der Waals surface area contributed by atoms with Gasteiger partial charge in [0.15, 0.2) is 0 Å². The van der Waals surface area contributed by atoms with Crippen molar-refractivity contribution in [1.29, 1.82) is 0 Å². The van der Waals surface area contributed by atoms with Gasteiger partial charge in [-0.05, 0) is 43.2 Å². The summed E-state index contributed by atoms with van der Waals surface area (Å²) in [6.07, 6.45) is 3.66. The fraction of sp³-hybridized carbons (Fsp3) is 0.200. The Morgan fingerprint density at radius 3 is 2.59 bits per heavy atom. The van der Waals surface area contributed by atoms with Gasteiger partial charge in [0, 0.05) is 23.7 Å². The number of amidine groups is 1. The molecule has 1 aliphatic rings. The van der Waals surface area contributed by atoms with Crippen LogP contribution in [-0.2, 0) is 6.18 Å². The van der Waals surface area contributed by atoms with Gasteiger partial charge in [-0.15, -0.1) is 0 Å². The molecule has 0 amide bonds. The van der Waals surface area contributed by atoms with Crippen molar-refractivity contribution in [3.63, 3.8) is 0 Å². The van der Waals surface area contributed by atoms with Gasteiger partial charge in [-0.3, -0.25) is 9.98 Å². The molecule has 1 aromatic heterocycles. The Labute approximate surface area is 154 Å². The highest BCUT2D eigenvalue weighted by Crippen LogP contribution is 2.30. The highest BCUT2D eigenvalue weighted by atomic mass is 19.4. The van der Waals surface area contributed by atoms with E-state index in [2.05, 4.69) is 15.3 Å². The zero-order valence-corrected chi connectivity index (χ0v) is 14.5. The number of nitrogens with zero attached hydrogens (tertiary/aromatic N) is 2. The van der Waals surface area contributed by atoms with Crippen LogP contribution in [0.1, 0.15) is 36.1 Å². The molecule has 0 radical (unpaired) electrons. The molecule has 0 unspecified atom stereocenters. The van der Waals surface area contributed by atoms with Gasteiger partial charge in [0.05, 0.1) is 11.6 Å². The first kappa shape index (κ1) is 18.8. The molecule has 0 saturated carbocycles. The maximum atomic E-state index is 13.1. The number of rotatable bonds is 3. The van der Waals surface area contributed by atoms with E-state index < -0.39 is 11.7 Å². The lowest BCUT2D eigenvalue weighted by Gasteiger charge is -2.14. The fourth-order valence-corrected chi connectivity index (χ4v) is 2.63. The van der Waals surface area contributed by atoms with Crippen molar-refractivity contribution in [2.45, 2.75) is 25.6 Å². The molecule has 0 saturated heterocycles. The predicted molar refractivity (Wildman–Crippen MR) is 96.4 cm³/mol. The number of nitrogens with one attached hydrogen (secondary N) is 1. The van der Waals surface area contributed by atoms with Gasteiger partial charge < -0.3 is 5.32 Å². The van der Waals surface area contributed by atoms with E-state index in [4.69, 9.17) is 0 Å². The molecule has 0 fully saturated rings. The summed E-state index contributed by atoms with van der Waals surface area (Å²) in [6, 6.07) is 6.83. The van der Waals surface area contributed by atoms with Crippen LogP contribution in [0.3, 0.4) is 0 Å². The van der Waals surface area contributed by atoms with E-state index in [1.807, 2.05) is 13.0 Å². The van der Waals surface area contributed by atoms with Crippen LogP contribution < -0.4 is 5.32 Å². The number of aliphatic imine (C=N–C) groups is 1. The molecule has 1 aromatic carbocycles. The average molecular weight is 375 g/mol. The third kappa shape index (κ3) is 4.81. The summed E-state index contributed by atoms with van der Waals surface area (Å²) in [5, 5.41) is 3.07. The van der Waals surface area contributed by atoms with E-state index in [0.29, 0.717) is 23.5 Å². The van der Waals surface area contributed by atoms with Crippen LogP contribution in [0.25, 0.3) is 5.70 Å². The predicted octanol–water partition coefficient (Wildman–Crippen LogP) is 5.29. The van der Waals surface area contributed by atoms with Crippen LogP contribution in [0, 0.1) is 5.82 Å². The van der Waals surface area contributed by atoms with E-state index in [1.54, 1.807) is 24.3 Å². The summed E-state index contributed by atoms with van der Waals surface area (Å²) < 4.78 is 51.9. The number of pyridine rings is 1. The topological polar surface area (TPSA) is 37.3 Å². The minimum Gasteiger partial charge on any atom is -0.340 e. The van der Waals surface area contributed by atoms with Gasteiger partial charge in [0.2, 0.25) is 0 Å². The van der Waals surface area contributed by atoms with Crippen molar-refractivity contribution < 1.29 is 17.6 Å². The Balaban J connectivity index is 1.84. The van der Waals surface area contributed by atoms with E-state index >= 15 is 0 Å². The lowest BCUT2D eigenvalue weighted by Crippen LogP contribution is -2.20. The monoisotopic (exact) mass is 375 g/mol. The average Bonchev–Trinajstić information content (AvgIpc) is 2.87. The Kier molecular flexibility index (Phi) is 5.39. The lowest BCUT2D eigenvalue weighted by atomic mass is 10.1. The van der Waals surface area contributed by atoms with Crippen molar-refractivity contribution in [3.8, 4) is 0 Å². The summed E-state index contributed by atoms with van der Waals surface area (Å²) in [7, 11) is 0. The van der Waals surface area contributed by atoms with Crippen molar-refractivity contribution in [3.05, 3.63) is 83.5 Å². The molecular weight excluding hydrogens is 358 g/mol. The normalized spacial score (nSPS) is 17.2. The van der Waals surface area contributed by atoms with E-state index in [1.165, 1.54) is 18.3 Å². The quantitative estimate of drug-likeness (QED) is 0.740. The van der Waals surface area contributed by atoms with Crippen LogP contribution in [0.5, 0.6) is 0 Å². The Morgan fingerprint density at radius 1 is 1.15 bits per heavy atom. The first-order valence-corrected chi connectivity index (χ1v) is 8.32. The third-order valence-electron chi connectivity index (χ3n) is 4.06. The molecule has 1 N–H and O–H groups in total. The number of aromatic nitrogens is 1. The summed E-state index contributed by atoms with van der Waals surface area (Å²) in [5.41, 5.74) is 0.854. The number of halogens is 4. The second-order valence-corrected chi connectivity index (χ2v) is 6.08. The highest BCUT2D eigenvalue weighted by molar-refractivity contribution is 5.99. The van der Waals surface area contributed by atoms with Crippen LogP contribution in [0.2, 0.25) is 0 Å². The molecule has 0 bridgehead atoms. The van der Waals surface area contributed by atoms with Gasteiger partial charge in [0.25, 0.3) is 0 Å². The number of allylic oxidation sites excluding steroid dienone is 2. The maximum Gasteiger partial charge on any atom is 0.417 e. The maximum absolute atomic E-state index is 13.1. The summed E-state index contributed by atoms with van der Waals surface area (Å²) in [6.45, 7) is 1.86. The number of hydrogen-bond donors (Lipinski definition) is 1. The number of benzene rings is 1. The first-order valence-electron chi connectivity index (χ1n) is 8.32. The van der Waals surface area contributed by atoms with Crippen molar-refractivity contribution in [2.75, 3.05) is 0 Å². The minimum absolute atomic E-state index is 0.253. The molecule has 140 valence electrons. The first-order chi connectivity index (χ1) is 12.8. The Morgan fingerprint density at radius 2 is 1.89 bits per heavy atom. The second-order valence-electron chi connectivity index (χ2n) is 6.08. The number of hydrogen-bond acceptors (Lipinski definition) is 2. The molecule has 27 heavy (non-hydrogen) atoms. The van der Waals surface area contributed by atoms with E-state index in [-0.39, 0.29) is 11.9 Å². The van der Waals surface area contributed by atoms with Gasteiger partial charge >= 0.3 is 6.18 Å². The molecule has 3 rings (SSSR count). The van der Waals surface area contributed by atoms with Crippen LogP contribution in [0.4, 0.5) is 17.6 Å². The molecule has 0 aliphatic carbocycles. The summed E-state index contributed by atoms with van der Waals surface area (Å²) in [5.74, 6) is 0.182. The smallest absolute Gasteiger partial charge is 0.340 e. The Hall–Kier alpha value is -2.96. The molecule has 7 heteroatoms. The van der Waals surface area contributed by atoms with E-state index in [9.17, 15) is 17.6 Å².